The van der Waals surface area contributed by atoms with Gasteiger partial charge < -0.3 is 4.74 Å². The zero-order chi connectivity index (χ0) is 21.3. The molecule has 4 heteroatoms. The van der Waals surface area contributed by atoms with E-state index in [1.807, 2.05) is 30.5 Å². The van der Waals surface area contributed by atoms with Crippen LogP contribution in [0.15, 0.2) is 94.5 Å². The largest absolute Gasteiger partial charge is 0.490 e. The standard InChI is InChI=1S/C27H28N2O2/c30-18-19-31-26-15-5-13-24-21(10-4-14-25(24)26)11-7-17-29-27(22-8-2-1-3-9-22)23-12-6-16-28-20-23/h1-3,6,8-10,12-13,16,18,20H,4-5,7,11,14-15,17,19H2/b29-27+. The van der Waals surface area contributed by atoms with E-state index in [1.54, 1.807) is 6.20 Å². The Balaban J connectivity index is 1.45. The quantitative estimate of drug-likeness (QED) is 0.306. The number of allylic oxidation sites excluding steroid dienone is 6. The highest BCUT2D eigenvalue weighted by Crippen LogP contribution is 2.38. The maximum atomic E-state index is 10.7. The second-order valence-corrected chi connectivity index (χ2v) is 7.75. The minimum absolute atomic E-state index is 0.149. The maximum absolute atomic E-state index is 10.7. The molecule has 2 aliphatic rings. The van der Waals surface area contributed by atoms with E-state index >= 15 is 0 Å². The summed E-state index contributed by atoms with van der Waals surface area (Å²) in [5, 5.41) is 0. The van der Waals surface area contributed by atoms with Gasteiger partial charge in [-0.15, -0.1) is 0 Å². The van der Waals surface area contributed by atoms with Crippen molar-refractivity contribution in [2.45, 2.75) is 38.5 Å². The van der Waals surface area contributed by atoms with Crippen LogP contribution in [0, 0.1) is 0 Å². The number of hydrogen-bond acceptors (Lipinski definition) is 4. The van der Waals surface area contributed by atoms with Crippen LogP contribution in [-0.2, 0) is 9.53 Å². The number of rotatable bonds is 9. The van der Waals surface area contributed by atoms with Crippen molar-refractivity contribution in [1.29, 1.82) is 0 Å². The molecule has 0 N–H and O–H groups in total. The molecule has 0 unspecified atom stereocenters. The van der Waals surface area contributed by atoms with Crippen molar-refractivity contribution < 1.29 is 9.53 Å². The molecule has 2 aliphatic carbocycles. The molecule has 0 spiro atoms. The van der Waals surface area contributed by atoms with Gasteiger partial charge in [0.2, 0.25) is 0 Å². The first-order chi connectivity index (χ1) is 15.4. The zero-order valence-electron chi connectivity index (χ0n) is 17.8. The van der Waals surface area contributed by atoms with Crippen molar-refractivity contribution in [2.24, 2.45) is 4.99 Å². The van der Waals surface area contributed by atoms with Gasteiger partial charge in [0, 0.05) is 36.5 Å². The minimum Gasteiger partial charge on any atom is -0.490 e. The summed E-state index contributed by atoms with van der Waals surface area (Å²) >= 11 is 0. The summed E-state index contributed by atoms with van der Waals surface area (Å²) in [5.41, 5.74) is 7.18. The molecule has 2 aromatic rings. The Morgan fingerprint density at radius 2 is 1.87 bits per heavy atom. The van der Waals surface area contributed by atoms with Crippen molar-refractivity contribution in [2.75, 3.05) is 13.2 Å². The average molecular weight is 413 g/mol. The summed E-state index contributed by atoms with van der Waals surface area (Å²) in [6.45, 7) is 0.910. The monoisotopic (exact) mass is 412 g/mol. The molecule has 0 fully saturated rings. The van der Waals surface area contributed by atoms with E-state index in [1.165, 1.54) is 16.7 Å². The van der Waals surface area contributed by atoms with Crippen molar-refractivity contribution in [3.63, 3.8) is 0 Å². The van der Waals surface area contributed by atoms with Crippen LogP contribution < -0.4 is 0 Å². The lowest BCUT2D eigenvalue weighted by Gasteiger charge is -2.27. The van der Waals surface area contributed by atoms with Gasteiger partial charge in [-0.3, -0.25) is 14.8 Å². The molecule has 0 atom stereocenters. The van der Waals surface area contributed by atoms with E-state index in [0.29, 0.717) is 0 Å². The maximum Gasteiger partial charge on any atom is 0.157 e. The number of hydrogen-bond donors (Lipinski definition) is 0. The van der Waals surface area contributed by atoms with Crippen LogP contribution in [0.5, 0.6) is 0 Å². The molecule has 4 rings (SSSR count). The topological polar surface area (TPSA) is 51.5 Å². The summed E-state index contributed by atoms with van der Waals surface area (Å²) in [4.78, 5) is 19.9. The van der Waals surface area contributed by atoms with E-state index < -0.39 is 0 Å². The smallest absolute Gasteiger partial charge is 0.157 e. The Kier molecular flexibility index (Phi) is 7.22. The third kappa shape index (κ3) is 5.26. The molecular formula is C27H28N2O2. The van der Waals surface area contributed by atoms with Crippen LogP contribution in [-0.4, -0.2) is 30.1 Å². The number of benzene rings is 1. The predicted molar refractivity (Wildman–Crippen MR) is 124 cm³/mol. The Morgan fingerprint density at radius 1 is 1.03 bits per heavy atom. The minimum atomic E-state index is 0.149. The van der Waals surface area contributed by atoms with E-state index in [9.17, 15) is 4.79 Å². The molecule has 0 saturated carbocycles. The Bertz CT molecular complexity index is 976. The molecular weight excluding hydrogens is 384 g/mol. The molecule has 1 aromatic heterocycles. The molecule has 1 aromatic carbocycles. The number of aliphatic imine (C=N–C) groups is 1. The Labute approximate surface area is 184 Å². The van der Waals surface area contributed by atoms with E-state index in [2.05, 4.69) is 35.3 Å². The average Bonchev–Trinajstić information content (AvgIpc) is 2.84. The molecule has 0 saturated heterocycles. The summed E-state index contributed by atoms with van der Waals surface area (Å²) in [7, 11) is 0. The fourth-order valence-corrected chi connectivity index (χ4v) is 4.31. The van der Waals surface area contributed by atoms with Crippen LogP contribution in [0.4, 0.5) is 0 Å². The number of carbonyl (C=O) groups is 1. The summed E-state index contributed by atoms with van der Waals surface area (Å²) in [6, 6.07) is 14.3. The Morgan fingerprint density at radius 3 is 2.68 bits per heavy atom. The number of carbonyl (C=O) groups excluding carboxylic acids is 1. The molecule has 0 radical (unpaired) electrons. The number of ether oxygens (including phenoxy) is 1. The van der Waals surface area contributed by atoms with Gasteiger partial charge in [0.15, 0.2) is 6.29 Å². The number of fused-ring (bicyclic) bond motifs is 1. The number of aromatic nitrogens is 1. The van der Waals surface area contributed by atoms with E-state index in [0.717, 1.165) is 74.0 Å². The fourth-order valence-electron chi connectivity index (χ4n) is 4.31. The number of nitrogens with zero attached hydrogens (tertiary/aromatic N) is 2. The van der Waals surface area contributed by atoms with Crippen LogP contribution in [0.3, 0.4) is 0 Å². The van der Waals surface area contributed by atoms with Gasteiger partial charge in [-0.05, 0) is 61.0 Å². The molecule has 158 valence electrons. The fraction of sp³-hybridized carbons (Fsp3) is 0.296. The second kappa shape index (κ2) is 10.7. The van der Waals surface area contributed by atoms with Gasteiger partial charge >= 0.3 is 0 Å². The summed E-state index contributed by atoms with van der Waals surface area (Å²) in [5.74, 6) is 1.01. The molecule has 31 heavy (non-hydrogen) atoms. The van der Waals surface area contributed by atoms with Gasteiger partial charge in [-0.1, -0.05) is 42.5 Å². The zero-order valence-corrected chi connectivity index (χ0v) is 17.8. The summed E-state index contributed by atoms with van der Waals surface area (Å²) in [6.07, 6.45) is 15.1. The van der Waals surface area contributed by atoms with Crippen molar-refractivity contribution in [1.82, 2.24) is 4.98 Å². The molecule has 0 aliphatic heterocycles. The third-order valence-corrected chi connectivity index (χ3v) is 5.69. The molecule has 4 nitrogen and oxygen atoms in total. The van der Waals surface area contributed by atoms with Gasteiger partial charge in [0.25, 0.3) is 0 Å². The molecule has 1 heterocycles. The van der Waals surface area contributed by atoms with Crippen molar-refractivity contribution in [3.8, 4) is 0 Å². The highest BCUT2D eigenvalue weighted by Gasteiger charge is 2.22. The van der Waals surface area contributed by atoms with Gasteiger partial charge in [-0.25, -0.2) is 0 Å². The predicted octanol–water partition coefficient (Wildman–Crippen LogP) is 5.61. The molecule has 0 amide bonds. The number of aldehydes is 1. The number of pyridine rings is 1. The third-order valence-electron chi connectivity index (χ3n) is 5.69. The normalized spacial score (nSPS) is 16.3. The molecule has 0 bridgehead atoms. The van der Waals surface area contributed by atoms with Crippen molar-refractivity contribution >= 4 is 12.0 Å². The first-order valence-electron chi connectivity index (χ1n) is 11.1. The lowest BCUT2D eigenvalue weighted by molar-refractivity contribution is -0.110. The van der Waals surface area contributed by atoms with Crippen LogP contribution >= 0.6 is 0 Å². The first kappa shape index (κ1) is 21.0. The lowest BCUT2D eigenvalue weighted by Crippen LogP contribution is -2.11. The van der Waals surface area contributed by atoms with Crippen LogP contribution in [0.2, 0.25) is 0 Å². The highest BCUT2D eigenvalue weighted by atomic mass is 16.5. The van der Waals surface area contributed by atoms with E-state index in [-0.39, 0.29) is 6.61 Å². The van der Waals surface area contributed by atoms with E-state index in [4.69, 9.17) is 9.73 Å². The van der Waals surface area contributed by atoms with Crippen molar-refractivity contribution in [3.05, 3.63) is 101 Å². The SMILES string of the molecule is O=CCOC1=C2CCC=C(CCC/N=C(\c3ccccc3)c3cccnc3)C2=CCC1. The second-order valence-electron chi connectivity index (χ2n) is 7.75. The van der Waals surface area contributed by atoms with Gasteiger partial charge in [0.1, 0.15) is 12.4 Å². The van der Waals surface area contributed by atoms with Crippen LogP contribution in [0.1, 0.15) is 49.7 Å². The van der Waals surface area contributed by atoms with Gasteiger partial charge in [0.05, 0.1) is 5.71 Å². The lowest BCUT2D eigenvalue weighted by atomic mass is 9.82. The first-order valence-corrected chi connectivity index (χ1v) is 11.1. The van der Waals surface area contributed by atoms with Gasteiger partial charge in [-0.2, -0.15) is 0 Å². The highest BCUT2D eigenvalue weighted by molar-refractivity contribution is 6.12. The summed E-state index contributed by atoms with van der Waals surface area (Å²) < 4.78 is 5.72. The Hall–Kier alpha value is -3.27. The van der Waals surface area contributed by atoms with Crippen LogP contribution in [0.25, 0.3) is 0 Å².